The Morgan fingerprint density at radius 2 is 1.85 bits per heavy atom. The Bertz CT molecular complexity index is 1470. The van der Waals surface area contributed by atoms with Crippen molar-refractivity contribution in [2.24, 2.45) is 0 Å². The van der Waals surface area contributed by atoms with Gasteiger partial charge in [0.2, 0.25) is 0 Å². The molecule has 3 aromatic heterocycles. The molecule has 0 saturated heterocycles. The third-order valence-corrected chi connectivity index (χ3v) is 8.92. The standard InChI is InChI=1S/C32H35N5S.CH4/c1-22-16-18-38-32(22)23(2)34-19-24-12-14-25(15-13-24)20-37(21-30-35-27-9-3-4-10-28(27)36-30)29-11-5-7-26-8-6-17-33-31(26)29;/h3-4,6,8-10,12-18,23,29,34H,5,7,11,19-21H2,1-2H3,(H,35,36);1H4. The number of aromatic amines is 1. The van der Waals surface area contributed by atoms with Crippen molar-refractivity contribution in [1.29, 1.82) is 0 Å². The number of hydrogen-bond acceptors (Lipinski definition) is 5. The minimum atomic E-state index is 0. The molecule has 2 aromatic carbocycles. The molecular formula is C33H39N5S. The van der Waals surface area contributed by atoms with Crippen LogP contribution < -0.4 is 5.32 Å². The van der Waals surface area contributed by atoms with Crippen molar-refractivity contribution < 1.29 is 0 Å². The summed E-state index contributed by atoms with van der Waals surface area (Å²) in [6.07, 6.45) is 5.36. The Morgan fingerprint density at radius 1 is 1.03 bits per heavy atom. The first-order valence-corrected chi connectivity index (χ1v) is 14.5. The van der Waals surface area contributed by atoms with Crippen LogP contribution in [0.5, 0.6) is 0 Å². The maximum Gasteiger partial charge on any atom is 0.121 e. The van der Waals surface area contributed by atoms with E-state index in [1.807, 2.05) is 23.6 Å². The van der Waals surface area contributed by atoms with Gasteiger partial charge in [0, 0.05) is 30.2 Å². The van der Waals surface area contributed by atoms with Gasteiger partial charge in [-0.1, -0.05) is 49.9 Å². The van der Waals surface area contributed by atoms with Crippen LogP contribution in [0.3, 0.4) is 0 Å². The van der Waals surface area contributed by atoms with Crippen molar-refractivity contribution in [3.05, 3.63) is 117 Å². The lowest BCUT2D eigenvalue weighted by Gasteiger charge is -2.34. The second kappa shape index (κ2) is 12.2. The highest BCUT2D eigenvalue weighted by molar-refractivity contribution is 7.10. The number of aryl methyl sites for hydroxylation is 2. The SMILES string of the molecule is C.Cc1ccsc1C(C)NCc1ccc(CN(Cc2nc3ccccc3[nH]2)C2CCCc3cccnc32)cc1. The van der Waals surface area contributed by atoms with Crippen LogP contribution in [-0.4, -0.2) is 19.9 Å². The number of aromatic nitrogens is 3. The number of H-pyrrole nitrogens is 1. The zero-order valence-electron chi connectivity index (χ0n) is 22.2. The van der Waals surface area contributed by atoms with Crippen LogP contribution in [0.15, 0.2) is 78.3 Å². The number of nitrogens with one attached hydrogen (secondary N) is 2. The molecule has 39 heavy (non-hydrogen) atoms. The van der Waals surface area contributed by atoms with Gasteiger partial charge >= 0.3 is 0 Å². The van der Waals surface area contributed by atoms with E-state index >= 15 is 0 Å². The van der Waals surface area contributed by atoms with Crippen molar-refractivity contribution in [3.63, 3.8) is 0 Å². The van der Waals surface area contributed by atoms with E-state index < -0.39 is 0 Å². The lowest BCUT2D eigenvalue weighted by Crippen LogP contribution is -2.31. The second-order valence-corrected chi connectivity index (χ2v) is 11.4. The summed E-state index contributed by atoms with van der Waals surface area (Å²) < 4.78 is 0. The number of thiophene rings is 1. The van der Waals surface area contributed by atoms with E-state index in [1.54, 1.807) is 0 Å². The molecule has 1 aliphatic rings. The van der Waals surface area contributed by atoms with Crippen LogP contribution in [0.1, 0.15) is 77.9 Å². The molecule has 0 amide bonds. The number of benzene rings is 2. The largest absolute Gasteiger partial charge is 0.341 e. The first-order chi connectivity index (χ1) is 18.6. The zero-order chi connectivity index (χ0) is 25.9. The Kier molecular flexibility index (Phi) is 8.56. The van der Waals surface area contributed by atoms with E-state index in [4.69, 9.17) is 9.97 Å². The lowest BCUT2D eigenvalue weighted by atomic mass is 9.90. The number of pyridine rings is 1. The van der Waals surface area contributed by atoms with Gasteiger partial charge in [-0.25, -0.2) is 4.98 Å². The summed E-state index contributed by atoms with van der Waals surface area (Å²) in [5, 5.41) is 5.87. The molecule has 3 heterocycles. The summed E-state index contributed by atoms with van der Waals surface area (Å²) in [6, 6.07) is 24.5. The minimum Gasteiger partial charge on any atom is -0.341 e. The molecule has 0 aliphatic heterocycles. The first kappa shape index (κ1) is 27.3. The van der Waals surface area contributed by atoms with Crippen molar-refractivity contribution in [2.75, 3.05) is 0 Å². The summed E-state index contributed by atoms with van der Waals surface area (Å²) >= 11 is 1.83. The molecule has 0 bridgehead atoms. The molecule has 5 aromatic rings. The van der Waals surface area contributed by atoms with E-state index in [0.29, 0.717) is 6.04 Å². The number of para-hydroxylation sites is 2. The van der Waals surface area contributed by atoms with Crippen LogP contribution in [0.4, 0.5) is 0 Å². The monoisotopic (exact) mass is 537 g/mol. The van der Waals surface area contributed by atoms with Gasteiger partial charge in [0.1, 0.15) is 5.82 Å². The molecule has 2 unspecified atom stereocenters. The maximum atomic E-state index is 4.90. The summed E-state index contributed by atoms with van der Waals surface area (Å²) in [4.78, 5) is 17.3. The first-order valence-electron chi connectivity index (χ1n) is 13.6. The van der Waals surface area contributed by atoms with Crippen LogP contribution in [-0.2, 0) is 26.1 Å². The van der Waals surface area contributed by atoms with Gasteiger partial charge in [0.15, 0.2) is 0 Å². The lowest BCUT2D eigenvalue weighted by molar-refractivity contribution is 0.153. The summed E-state index contributed by atoms with van der Waals surface area (Å²) in [7, 11) is 0. The van der Waals surface area contributed by atoms with Crippen molar-refractivity contribution in [1.82, 2.24) is 25.2 Å². The minimum absolute atomic E-state index is 0. The molecule has 2 atom stereocenters. The Morgan fingerprint density at radius 3 is 2.64 bits per heavy atom. The average Bonchev–Trinajstić information content (AvgIpc) is 3.57. The van der Waals surface area contributed by atoms with Gasteiger partial charge in [-0.3, -0.25) is 9.88 Å². The summed E-state index contributed by atoms with van der Waals surface area (Å²) in [6.45, 7) is 6.92. The van der Waals surface area contributed by atoms with Crippen LogP contribution in [0, 0.1) is 6.92 Å². The molecule has 2 N–H and O–H groups in total. The predicted octanol–water partition coefficient (Wildman–Crippen LogP) is 7.89. The molecular weight excluding hydrogens is 498 g/mol. The molecule has 0 fully saturated rings. The van der Waals surface area contributed by atoms with E-state index in [-0.39, 0.29) is 13.5 Å². The topological polar surface area (TPSA) is 56.8 Å². The normalized spacial score (nSPS) is 15.7. The zero-order valence-corrected chi connectivity index (χ0v) is 23.0. The van der Waals surface area contributed by atoms with E-state index in [2.05, 4.69) is 95.1 Å². The fourth-order valence-electron chi connectivity index (χ4n) is 5.68. The van der Waals surface area contributed by atoms with Gasteiger partial charge in [-0.2, -0.15) is 0 Å². The van der Waals surface area contributed by atoms with Crippen LogP contribution in [0.2, 0.25) is 0 Å². The molecule has 5 nitrogen and oxygen atoms in total. The molecule has 6 rings (SSSR count). The quantitative estimate of drug-likeness (QED) is 0.201. The van der Waals surface area contributed by atoms with E-state index in [1.165, 1.54) is 39.2 Å². The molecule has 0 radical (unpaired) electrons. The Balaban J connectivity index is 0.00000308. The van der Waals surface area contributed by atoms with Gasteiger partial charge < -0.3 is 10.3 Å². The molecule has 6 heteroatoms. The number of nitrogens with zero attached hydrogens (tertiary/aromatic N) is 3. The van der Waals surface area contributed by atoms with Crippen molar-refractivity contribution in [3.8, 4) is 0 Å². The highest BCUT2D eigenvalue weighted by Crippen LogP contribution is 2.35. The highest BCUT2D eigenvalue weighted by Gasteiger charge is 2.28. The number of rotatable bonds is 9. The molecule has 202 valence electrons. The Labute approximate surface area is 236 Å². The van der Waals surface area contributed by atoms with Crippen LogP contribution in [0.25, 0.3) is 11.0 Å². The van der Waals surface area contributed by atoms with Gasteiger partial charge in [0.05, 0.1) is 29.3 Å². The fraction of sp³-hybridized carbons (Fsp3) is 0.333. The van der Waals surface area contributed by atoms with Gasteiger partial charge in [0.25, 0.3) is 0 Å². The second-order valence-electron chi connectivity index (χ2n) is 10.4. The van der Waals surface area contributed by atoms with E-state index in [9.17, 15) is 0 Å². The number of hydrogen-bond donors (Lipinski definition) is 2. The van der Waals surface area contributed by atoms with E-state index in [0.717, 1.165) is 49.3 Å². The smallest absolute Gasteiger partial charge is 0.121 e. The van der Waals surface area contributed by atoms with Crippen molar-refractivity contribution in [2.45, 2.75) is 72.3 Å². The van der Waals surface area contributed by atoms with Crippen LogP contribution >= 0.6 is 11.3 Å². The molecule has 0 saturated carbocycles. The maximum absolute atomic E-state index is 4.90. The number of fused-ring (bicyclic) bond motifs is 2. The van der Waals surface area contributed by atoms with Crippen molar-refractivity contribution >= 4 is 22.4 Å². The molecule has 1 aliphatic carbocycles. The summed E-state index contributed by atoms with van der Waals surface area (Å²) in [5.74, 6) is 1.01. The predicted molar refractivity (Wildman–Crippen MR) is 163 cm³/mol. The molecule has 0 spiro atoms. The Hall–Kier alpha value is -3.32. The average molecular weight is 538 g/mol. The van der Waals surface area contributed by atoms with Gasteiger partial charge in [-0.15, -0.1) is 11.3 Å². The third-order valence-electron chi connectivity index (χ3n) is 7.71. The highest BCUT2D eigenvalue weighted by atomic mass is 32.1. The van der Waals surface area contributed by atoms with Gasteiger partial charge in [-0.05, 0) is 85.0 Å². The number of imidazole rings is 1. The third kappa shape index (κ3) is 6.14. The summed E-state index contributed by atoms with van der Waals surface area (Å²) in [5.41, 5.74) is 8.72. The fourth-order valence-corrected chi connectivity index (χ4v) is 6.64.